The van der Waals surface area contributed by atoms with Crippen LogP contribution >= 0.6 is 27.3 Å². The van der Waals surface area contributed by atoms with Crippen LogP contribution in [0.5, 0.6) is 11.5 Å². The lowest BCUT2D eigenvalue weighted by Gasteiger charge is -2.12. The quantitative estimate of drug-likeness (QED) is 0.895. The van der Waals surface area contributed by atoms with Gasteiger partial charge in [0.25, 0.3) is 0 Å². The van der Waals surface area contributed by atoms with Crippen molar-refractivity contribution in [1.29, 1.82) is 0 Å². The molecule has 0 unspecified atom stereocenters. The molecule has 1 aromatic heterocycles. The molecule has 0 saturated heterocycles. The molecular weight excluding hydrogens is 314 g/mol. The first-order valence-electron chi connectivity index (χ1n) is 5.42. The van der Waals surface area contributed by atoms with Gasteiger partial charge in [-0.1, -0.05) is 0 Å². The Morgan fingerprint density at radius 2 is 2.06 bits per heavy atom. The largest absolute Gasteiger partial charge is 0.497 e. The van der Waals surface area contributed by atoms with Gasteiger partial charge in [0, 0.05) is 15.4 Å². The van der Waals surface area contributed by atoms with E-state index < -0.39 is 0 Å². The van der Waals surface area contributed by atoms with Crippen LogP contribution < -0.4 is 14.8 Å². The summed E-state index contributed by atoms with van der Waals surface area (Å²) in [5, 5.41) is 5.42. The Morgan fingerprint density at radius 1 is 1.22 bits per heavy atom. The van der Waals surface area contributed by atoms with Gasteiger partial charge >= 0.3 is 0 Å². The number of thiophene rings is 1. The van der Waals surface area contributed by atoms with Crippen LogP contribution in [0.4, 0.5) is 5.69 Å². The van der Waals surface area contributed by atoms with E-state index in [4.69, 9.17) is 9.47 Å². The van der Waals surface area contributed by atoms with Crippen LogP contribution in [-0.2, 0) is 6.54 Å². The van der Waals surface area contributed by atoms with Crippen LogP contribution in [0.2, 0.25) is 0 Å². The second kappa shape index (κ2) is 6.11. The summed E-state index contributed by atoms with van der Waals surface area (Å²) in [6.07, 6.45) is 0. The Bertz CT molecular complexity index is 527. The third-order valence-electron chi connectivity index (χ3n) is 2.54. The predicted octanol–water partition coefficient (Wildman–Crippen LogP) is 4.14. The van der Waals surface area contributed by atoms with E-state index in [1.807, 2.05) is 24.3 Å². The number of methoxy groups -OCH3 is 2. The van der Waals surface area contributed by atoms with Crippen molar-refractivity contribution < 1.29 is 9.47 Å². The highest BCUT2D eigenvalue weighted by Gasteiger charge is 2.06. The highest BCUT2D eigenvalue weighted by molar-refractivity contribution is 9.10. The standard InChI is InChI=1S/C13H14BrNO2S/c1-16-9-3-4-11(12(7-9)17-2)15-8-13-10(14)5-6-18-13/h3-7,15H,8H2,1-2H3. The molecule has 0 radical (unpaired) electrons. The molecule has 0 bridgehead atoms. The highest BCUT2D eigenvalue weighted by atomic mass is 79.9. The summed E-state index contributed by atoms with van der Waals surface area (Å²) in [7, 11) is 3.30. The zero-order valence-electron chi connectivity index (χ0n) is 10.2. The van der Waals surface area contributed by atoms with E-state index in [1.54, 1.807) is 25.6 Å². The fourth-order valence-electron chi connectivity index (χ4n) is 1.57. The van der Waals surface area contributed by atoms with Crippen LogP contribution in [0, 0.1) is 0 Å². The third kappa shape index (κ3) is 2.97. The van der Waals surface area contributed by atoms with Crippen molar-refractivity contribution in [3.63, 3.8) is 0 Å². The lowest BCUT2D eigenvalue weighted by Crippen LogP contribution is -2.00. The van der Waals surface area contributed by atoms with Crippen LogP contribution in [0.3, 0.4) is 0 Å². The van der Waals surface area contributed by atoms with Crippen molar-refractivity contribution in [3.05, 3.63) is 39.0 Å². The molecule has 2 rings (SSSR count). The molecule has 5 heteroatoms. The monoisotopic (exact) mass is 327 g/mol. The van der Waals surface area contributed by atoms with Gasteiger partial charge in [0.05, 0.1) is 26.5 Å². The average molecular weight is 328 g/mol. The SMILES string of the molecule is COc1ccc(NCc2sccc2Br)c(OC)c1. The average Bonchev–Trinajstić information content (AvgIpc) is 2.81. The molecule has 0 atom stereocenters. The van der Waals surface area contributed by atoms with E-state index in [1.165, 1.54) is 4.88 Å². The van der Waals surface area contributed by atoms with Gasteiger partial charge in [0.15, 0.2) is 0 Å². The molecule has 0 aliphatic heterocycles. The van der Waals surface area contributed by atoms with E-state index in [2.05, 4.69) is 26.6 Å². The Hall–Kier alpha value is -1.20. The minimum absolute atomic E-state index is 0.765. The van der Waals surface area contributed by atoms with Crippen molar-refractivity contribution >= 4 is 33.0 Å². The fraction of sp³-hybridized carbons (Fsp3) is 0.231. The summed E-state index contributed by atoms with van der Waals surface area (Å²) in [6, 6.07) is 7.78. The molecule has 2 aromatic rings. The zero-order valence-corrected chi connectivity index (χ0v) is 12.6. The van der Waals surface area contributed by atoms with Gasteiger partial charge in [-0.25, -0.2) is 0 Å². The lowest BCUT2D eigenvalue weighted by atomic mass is 10.2. The number of ether oxygens (including phenoxy) is 2. The van der Waals surface area contributed by atoms with Crippen molar-refractivity contribution in [2.75, 3.05) is 19.5 Å². The van der Waals surface area contributed by atoms with Gasteiger partial charge in [-0.3, -0.25) is 0 Å². The topological polar surface area (TPSA) is 30.5 Å². The molecule has 1 heterocycles. The Kier molecular flexibility index (Phi) is 4.49. The Morgan fingerprint density at radius 3 is 2.67 bits per heavy atom. The number of halogens is 1. The number of benzene rings is 1. The number of rotatable bonds is 5. The lowest BCUT2D eigenvalue weighted by molar-refractivity contribution is 0.395. The molecule has 1 aromatic carbocycles. The second-order valence-electron chi connectivity index (χ2n) is 3.61. The van der Waals surface area contributed by atoms with Crippen molar-refractivity contribution in [2.24, 2.45) is 0 Å². The Labute approximate surface area is 119 Å². The van der Waals surface area contributed by atoms with E-state index in [0.717, 1.165) is 28.2 Å². The summed E-state index contributed by atoms with van der Waals surface area (Å²) in [5.41, 5.74) is 0.957. The van der Waals surface area contributed by atoms with E-state index in [-0.39, 0.29) is 0 Å². The molecule has 3 nitrogen and oxygen atoms in total. The molecule has 0 saturated carbocycles. The van der Waals surface area contributed by atoms with E-state index in [9.17, 15) is 0 Å². The molecule has 96 valence electrons. The van der Waals surface area contributed by atoms with E-state index in [0.29, 0.717) is 0 Å². The molecular formula is C13H14BrNO2S. The van der Waals surface area contributed by atoms with E-state index >= 15 is 0 Å². The minimum Gasteiger partial charge on any atom is -0.497 e. The maximum atomic E-state index is 5.34. The normalized spacial score (nSPS) is 10.2. The molecule has 1 N–H and O–H groups in total. The minimum atomic E-state index is 0.765. The van der Waals surface area contributed by atoms with Crippen molar-refractivity contribution in [3.8, 4) is 11.5 Å². The van der Waals surface area contributed by atoms with Crippen molar-refractivity contribution in [2.45, 2.75) is 6.54 Å². The van der Waals surface area contributed by atoms with Gasteiger partial charge in [0.1, 0.15) is 11.5 Å². The molecule has 0 spiro atoms. The number of anilines is 1. The summed E-state index contributed by atoms with van der Waals surface area (Å²) in [4.78, 5) is 1.26. The van der Waals surface area contributed by atoms with Gasteiger partial charge in [-0.05, 0) is 39.5 Å². The maximum absolute atomic E-state index is 5.34. The highest BCUT2D eigenvalue weighted by Crippen LogP contribution is 2.30. The van der Waals surface area contributed by atoms with Crippen LogP contribution in [0.25, 0.3) is 0 Å². The summed E-state index contributed by atoms with van der Waals surface area (Å²) >= 11 is 5.23. The van der Waals surface area contributed by atoms with Gasteiger partial charge in [-0.2, -0.15) is 0 Å². The summed E-state index contributed by atoms with van der Waals surface area (Å²) < 4.78 is 11.6. The molecule has 0 aliphatic rings. The van der Waals surface area contributed by atoms with Crippen LogP contribution in [0.1, 0.15) is 4.88 Å². The Balaban J connectivity index is 2.11. The van der Waals surface area contributed by atoms with Gasteiger partial charge in [0.2, 0.25) is 0 Å². The maximum Gasteiger partial charge on any atom is 0.145 e. The third-order valence-corrected chi connectivity index (χ3v) is 4.47. The summed E-state index contributed by atoms with van der Waals surface area (Å²) in [5.74, 6) is 1.57. The van der Waals surface area contributed by atoms with Gasteiger partial charge in [-0.15, -0.1) is 11.3 Å². The molecule has 0 aliphatic carbocycles. The van der Waals surface area contributed by atoms with Gasteiger partial charge < -0.3 is 14.8 Å². The van der Waals surface area contributed by atoms with Crippen LogP contribution in [-0.4, -0.2) is 14.2 Å². The number of hydrogen-bond acceptors (Lipinski definition) is 4. The molecule has 0 amide bonds. The first-order chi connectivity index (χ1) is 8.74. The summed E-state index contributed by atoms with van der Waals surface area (Å²) in [6.45, 7) is 0.765. The first-order valence-corrected chi connectivity index (χ1v) is 7.09. The van der Waals surface area contributed by atoms with Crippen LogP contribution in [0.15, 0.2) is 34.1 Å². The van der Waals surface area contributed by atoms with Crippen molar-refractivity contribution in [1.82, 2.24) is 0 Å². The predicted molar refractivity (Wildman–Crippen MR) is 78.9 cm³/mol. The second-order valence-corrected chi connectivity index (χ2v) is 5.47. The molecule has 18 heavy (non-hydrogen) atoms. The zero-order chi connectivity index (χ0) is 13.0. The first kappa shape index (κ1) is 13.2. The molecule has 0 fully saturated rings. The fourth-order valence-corrected chi connectivity index (χ4v) is 3.00. The smallest absolute Gasteiger partial charge is 0.145 e. The number of nitrogens with one attached hydrogen (secondary N) is 1. The number of hydrogen-bond donors (Lipinski definition) is 1.